The van der Waals surface area contributed by atoms with Gasteiger partial charge in [-0.1, -0.05) is 0 Å². The smallest absolute Gasteiger partial charge is 0.247 e. The molecule has 2 atom stereocenters. The maximum atomic E-state index is 9.54. The Labute approximate surface area is 140 Å². The van der Waals surface area contributed by atoms with Gasteiger partial charge in [0.15, 0.2) is 6.10 Å². The highest BCUT2D eigenvalue weighted by Crippen LogP contribution is 2.31. The molecular formula is C17H19N5O2. The average molecular weight is 325 g/mol. The number of ether oxygens (including phenoxy) is 1. The van der Waals surface area contributed by atoms with Gasteiger partial charge in [0.25, 0.3) is 0 Å². The minimum atomic E-state index is -0.309. The number of aryl methyl sites for hydroxylation is 3. The molecule has 2 aromatic rings. The Hall–Kier alpha value is -2.46. The quantitative estimate of drug-likeness (QED) is 0.835. The van der Waals surface area contributed by atoms with Crippen molar-refractivity contribution in [1.82, 2.24) is 15.2 Å². The molecule has 0 aromatic carbocycles. The van der Waals surface area contributed by atoms with Crippen molar-refractivity contribution in [2.24, 2.45) is 0 Å². The Morgan fingerprint density at radius 1 is 1.29 bits per heavy atom. The molecule has 1 saturated heterocycles. The number of hydrogen-bond acceptors (Lipinski definition) is 7. The van der Waals surface area contributed by atoms with Crippen LogP contribution in [-0.4, -0.2) is 34.4 Å². The number of fused-ring (bicyclic) bond motifs is 1. The van der Waals surface area contributed by atoms with Gasteiger partial charge in [-0.15, -0.1) is 10.2 Å². The van der Waals surface area contributed by atoms with Gasteiger partial charge < -0.3 is 14.1 Å². The molecule has 2 aromatic heterocycles. The lowest BCUT2D eigenvalue weighted by Crippen LogP contribution is -2.43. The van der Waals surface area contributed by atoms with Gasteiger partial charge in [-0.2, -0.15) is 5.26 Å². The number of aromatic nitrogens is 3. The van der Waals surface area contributed by atoms with E-state index in [4.69, 9.17) is 14.1 Å². The Balaban J connectivity index is 1.67. The number of pyridine rings is 1. The SMILES string of the molecule is Cc1nnc([C@H]2CN(c3nc4c(cc3C#N)CCC4)C[C@@H](C)O2)o1. The lowest BCUT2D eigenvalue weighted by molar-refractivity contribution is -0.0314. The summed E-state index contributed by atoms with van der Waals surface area (Å²) < 4.78 is 11.5. The maximum absolute atomic E-state index is 9.54. The van der Waals surface area contributed by atoms with Crippen molar-refractivity contribution in [1.29, 1.82) is 5.26 Å². The van der Waals surface area contributed by atoms with E-state index in [-0.39, 0.29) is 12.2 Å². The van der Waals surface area contributed by atoms with E-state index in [9.17, 15) is 5.26 Å². The van der Waals surface area contributed by atoms with Crippen molar-refractivity contribution in [3.8, 4) is 6.07 Å². The van der Waals surface area contributed by atoms with Gasteiger partial charge in [-0.3, -0.25) is 0 Å². The predicted octanol–water partition coefficient (Wildman–Crippen LogP) is 2.10. The van der Waals surface area contributed by atoms with Crippen LogP contribution in [0.25, 0.3) is 0 Å². The fourth-order valence-electron chi connectivity index (χ4n) is 3.49. The van der Waals surface area contributed by atoms with Crippen LogP contribution in [0.2, 0.25) is 0 Å². The van der Waals surface area contributed by atoms with Gasteiger partial charge in [-0.05, 0) is 37.8 Å². The topological polar surface area (TPSA) is 88.1 Å². The van der Waals surface area contributed by atoms with Gasteiger partial charge in [0.1, 0.15) is 11.9 Å². The summed E-state index contributed by atoms with van der Waals surface area (Å²) in [4.78, 5) is 6.90. The van der Waals surface area contributed by atoms with E-state index in [2.05, 4.69) is 21.2 Å². The summed E-state index contributed by atoms with van der Waals surface area (Å²) in [6, 6.07) is 4.30. The molecule has 7 nitrogen and oxygen atoms in total. The molecule has 0 saturated carbocycles. The first-order chi connectivity index (χ1) is 11.6. The van der Waals surface area contributed by atoms with E-state index in [0.717, 1.165) is 30.8 Å². The van der Waals surface area contributed by atoms with E-state index in [1.165, 1.54) is 5.56 Å². The van der Waals surface area contributed by atoms with Crippen molar-refractivity contribution >= 4 is 5.82 Å². The van der Waals surface area contributed by atoms with Gasteiger partial charge >= 0.3 is 0 Å². The molecular weight excluding hydrogens is 306 g/mol. The average Bonchev–Trinajstić information content (AvgIpc) is 3.21. The van der Waals surface area contributed by atoms with Crippen molar-refractivity contribution < 1.29 is 9.15 Å². The molecule has 0 radical (unpaired) electrons. The second-order valence-corrected chi connectivity index (χ2v) is 6.43. The van der Waals surface area contributed by atoms with Crippen molar-refractivity contribution in [3.05, 3.63) is 34.7 Å². The normalized spacial score (nSPS) is 23.1. The first-order valence-corrected chi connectivity index (χ1v) is 8.27. The van der Waals surface area contributed by atoms with Crippen LogP contribution in [0.15, 0.2) is 10.5 Å². The first-order valence-electron chi connectivity index (χ1n) is 8.27. The maximum Gasteiger partial charge on any atom is 0.247 e. The molecule has 2 aliphatic rings. The van der Waals surface area contributed by atoms with E-state index in [1.807, 2.05) is 13.0 Å². The van der Waals surface area contributed by atoms with E-state index in [0.29, 0.717) is 30.4 Å². The Morgan fingerprint density at radius 2 is 2.17 bits per heavy atom. The number of nitriles is 1. The molecule has 1 aliphatic carbocycles. The van der Waals surface area contributed by atoms with Gasteiger partial charge in [0.2, 0.25) is 11.8 Å². The molecule has 3 heterocycles. The van der Waals surface area contributed by atoms with Gasteiger partial charge in [0.05, 0.1) is 18.2 Å². The lowest BCUT2D eigenvalue weighted by Gasteiger charge is -2.36. The third-order valence-electron chi connectivity index (χ3n) is 4.53. The molecule has 0 N–H and O–H groups in total. The third kappa shape index (κ3) is 2.63. The van der Waals surface area contributed by atoms with E-state index in [1.54, 1.807) is 6.92 Å². The fraction of sp³-hybridized carbons (Fsp3) is 0.529. The molecule has 4 rings (SSSR count). The molecule has 0 bridgehead atoms. The molecule has 7 heteroatoms. The van der Waals surface area contributed by atoms with Crippen LogP contribution in [0.5, 0.6) is 0 Å². The second kappa shape index (κ2) is 5.87. The molecule has 0 amide bonds. The summed E-state index contributed by atoms with van der Waals surface area (Å²) in [5.41, 5.74) is 2.96. The van der Waals surface area contributed by atoms with Gasteiger partial charge in [0, 0.05) is 19.2 Å². The fourth-order valence-corrected chi connectivity index (χ4v) is 3.49. The van der Waals surface area contributed by atoms with Gasteiger partial charge in [-0.25, -0.2) is 4.98 Å². The monoisotopic (exact) mass is 325 g/mol. The minimum Gasteiger partial charge on any atom is -0.423 e. The van der Waals surface area contributed by atoms with E-state index < -0.39 is 0 Å². The highest BCUT2D eigenvalue weighted by atomic mass is 16.5. The molecule has 0 unspecified atom stereocenters. The Bertz CT molecular complexity index is 810. The van der Waals surface area contributed by atoms with Crippen molar-refractivity contribution in [3.63, 3.8) is 0 Å². The standard InChI is InChI=1S/C17H19N5O2/c1-10-8-22(9-15(23-10)17-21-20-11(2)24-17)16-13(7-18)6-12-4-3-5-14(12)19-16/h6,10,15H,3-5,8-9H2,1-2H3/t10-,15-/m1/s1. The summed E-state index contributed by atoms with van der Waals surface area (Å²) in [5, 5.41) is 17.5. The third-order valence-corrected chi connectivity index (χ3v) is 4.53. The van der Waals surface area contributed by atoms with Crippen LogP contribution in [0.1, 0.15) is 48.1 Å². The van der Waals surface area contributed by atoms with Crippen LogP contribution in [0.3, 0.4) is 0 Å². The largest absolute Gasteiger partial charge is 0.423 e. The molecule has 0 spiro atoms. The highest BCUT2D eigenvalue weighted by molar-refractivity contribution is 5.57. The molecule has 1 aliphatic heterocycles. The zero-order chi connectivity index (χ0) is 16.7. The number of morpholine rings is 1. The van der Waals surface area contributed by atoms with Crippen LogP contribution >= 0.6 is 0 Å². The summed E-state index contributed by atoms with van der Waals surface area (Å²) in [5.74, 6) is 1.74. The second-order valence-electron chi connectivity index (χ2n) is 6.43. The number of anilines is 1. The van der Waals surface area contributed by atoms with Crippen molar-refractivity contribution in [2.75, 3.05) is 18.0 Å². The number of nitrogens with zero attached hydrogens (tertiary/aromatic N) is 5. The molecule has 124 valence electrons. The summed E-state index contributed by atoms with van der Waals surface area (Å²) >= 11 is 0. The van der Waals surface area contributed by atoms with Crippen molar-refractivity contribution in [2.45, 2.75) is 45.3 Å². The molecule has 1 fully saturated rings. The minimum absolute atomic E-state index is 0.0162. The van der Waals surface area contributed by atoms with Crippen LogP contribution in [0, 0.1) is 18.3 Å². The Kier molecular flexibility index (Phi) is 3.69. The molecule has 24 heavy (non-hydrogen) atoms. The lowest BCUT2D eigenvalue weighted by atomic mass is 10.1. The zero-order valence-electron chi connectivity index (χ0n) is 13.8. The summed E-state index contributed by atoms with van der Waals surface area (Å²) in [6.45, 7) is 4.99. The van der Waals surface area contributed by atoms with Crippen LogP contribution in [0.4, 0.5) is 5.82 Å². The predicted molar refractivity (Wildman–Crippen MR) is 85.5 cm³/mol. The zero-order valence-corrected chi connectivity index (χ0v) is 13.8. The number of hydrogen-bond donors (Lipinski definition) is 0. The summed E-state index contributed by atoms with van der Waals surface area (Å²) in [6.07, 6.45) is 2.79. The Morgan fingerprint density at radius 3 is 2.92 bits per heavy atom. The summed E-state index contributed by atoms with van der Waals surface area (Å²) in [7, 11) is 0. The number of rotatable bonds is 2. The first kappa shape index (κ1) is 15.1. The van der Waals surface area contributed by atoms with Crippen LogP contribution < -0.4 is 4.90 Å². The van der Waals surface area contributed by atoms with Crippen LogP contribution in [-0.2, 0) is 17.6 Å². The highest BCUT2D eigenvalue weighted by Gasteiger charge is 2.32. The van der Waals surface area contributed by atoms with E-state index >= 15 is 0 Å².